The predicted octanol–water partition coefficient (Wildman–Crippen LogP) is 1.47. The molecule has 1 aliphatic carbocycles. The van der Waals surface area contributed by atoms with E-state index in [4.69, 9.17) is 0 Å². The summed E-state index contributed by atoms with van der Waals surface area (Å²) in [5, 5.41) is 3.76. The molecule has 1 heterocycles. The van der Waals surface area contributed by atoms with Crippen molar-refractivity contribution in [1.82, 2.24) is 10.2 Å². The molecule has 1 aliphatic heterocycles. The van der Waals surface area contributed by atoms with Gasteiger partial charge in [0.15, 0.2) is 0 Å². The van der Waals surface area contributed by atoms with Crippen LogP contribution in [0, 0.1) is 5.92 Å². The maximum Gasteiger partial charge on any atom is 0.0324 e. The molecule has 2 nitrogen and oxygen atoms in total. The van der Waals surface area contributed by atoms with Crippen LogP contribution >= 0.6 is 0 Å². The molecule has 1 saturated carbocycles. The first-order valence-corrected chi connectivity index (χ1v) is 5.68. The van der Waals surface area contributed by atoms with E-state index in [1.165, 1.54) is 38.8 Å². The zero-order valence-corrected chi connectivity index (χ0v) is 8.92. The maximum absolute atomic E-state index is 3.76. The molecule has 76 valence electrons. The number of likely N-dealkylation sites (N-methyl/N-ethyl adjacent to an activating group) is 1. The Morgan fingerprint density at radius 3 is 2.15 bits per heavy atom. The van der Waals surface area contributed by atoms with Crippen LogP contribution in [0.5, 0.6) is 0 Å². The lowest BCUT2D eigenvalue weighted by Gasteiger charge is -2.40. The first kappa shape index (κ1) is 9.47. The second kappa shape index (κ2) is 3.97. The Morgan fingerprint density at radius 2 is 1.62 bits per heavy atom. The van der Waals surface area contributed by atoms with Crippen LogP contribution < -0.4 is 5.32 Å². The number of hydrogen-bond acceptors (Lipinski definition) is 2. The van der Waals surface area contributed by atoms with Crippen LogP contribution in [0.15, 0.2) is 0 Å². The molecule has 2 aliphatic rings. The minimum Gasteiger partial charge on any atom is -0.309 e. The first-order valence-electron chi connectivity index (χ1n) is 5.68. The molecule has 0 aromatic carbocycles. The van der Waals surface area contributed by atoms with E-state index in [9.17, 15) is 0 Å². The molecule has 0 bridgehead atoms. The molecule has 1 N–H and O–H groups in total. The number of hydrogen-bond donors (Lipinski definition) is 1. The molecule has 13 heavy (non-hydrogen) atoms. The van der Waals surface area contributed by atoms with Crippen molar-refractivity contribution in [3.63, 3.8) is 0 Å². The van der Waals surface area contributed by atoms with Crippen LogP contribution in [0.3, 0.4) is 0 Å². The Hall–Kier alpha value is -0.0800. The minimum atomic E-state index is 0.795. The van der Waals surface area contributed by atoms with Gasteiger partial charge in [-0.2, -0.15) is 0 Å². The summed E-state index contributed by atoms with van der Waals surface area (Å²) in [6.45, 7) is 4.89. The lowest BCUT2D eigenvalue weighted by molar-refractivity contribution is 0.139. The molecule has 0 unspecified atom stereocenters. The minimum absolute atomic E-state index is 0.795. The molecular weight excluding hydrogens is 160 g/mol. The fraction of sp³-hybridized carbons (Fsp3) is 1.00. The highest BCUT2D eigenvalue weighted by atomic mass is 15.2. The van der Waals surface area contributed by atoms with Gasteiger partial charge < -0.3 is 10.2 Å². The van der Waals surface area contributed by atoms with Crippen molar-refractivity contribution >= 4 is 0 Å². The molecule has 0 atom stereocenters. The van der Waals surface area contributed by atoms with Gasteiger partial charge >= 0.3 is 0 Å². The van der Waals surface area contributed by atoms with Crippen molar-refractivity contribution in [3.05, 3.63) is 0 Å². The Balaban J connectivity index is 1.65. The molecule has 0 aromatic heterocycles. The second-order valence-corrected chi connectivity index (χ2v) is 5.04. The SMILES string of the molecule is CC1CCC(NC2CN(C)C2)CC1. The van der Waals surface area contributed by atoms with Crippen molar-refractivity contribution in [2.75, 3.05) is 20.1 Å². The Morgan fingerprint density at radius 1 is 1.00 bits per heavy atom. The Kier molecular flexibility index (Phi) is 2.89. The molecule has 2 heteroatoms. The van der Waals surface area contributed by atoms with Crippen molar-refractivity contribution in [2.24, 2.45) is 5.92 Å². The maximum atomic E-state index is 3.76. The van der Waals surface area contributed by atoms with Crippen molar-refractivity contribution < 1.29 is 0 Å². The Labute approximate surface area is 81.7 Å². The van der Waals surface area contributed by atoms with E-state index >= 15 is 0 Å². The number of rotatable bonds is 2. The molecule has 1 saturated heterocycles. The van der Waals surface area contributed by atoms with Gasteiger partial charge in [0.2, 0.25) is 0 Å². The zero-order valence-electron chi connectivity index (χ0n) is 8.92. The van der Waals surface area contributed by atoms with Gasteiger partial charge in [-0.3, -0.25) is 0 Å². The summed E-state index contributed by atoms with van der Waals surface area (Å²) in [7, 11) is 2.20. The molecule has 0 radical (unpaired) electrons. The summed E-state index contributed by atoms with van der Waals surface area (Å²) in [6, 6.07) is 1.62. The van der Waals surface area contributed by atoms with Crippen LogP contribution in [0.4, 0.5) is 0 Å². The number of likely N-dealkylation sites (tertiary alicyclic amines) is 1. The quantitative estimate of drug-likeness (QED) is 0.695. The third-order valence-corrected chi connectivity index (χ3v) is 3.55. The topological polar surface area (TPSA) is 15.3 Å². The fourth-order valence-corrected chi connectivity index (χ4v) is 2.56. The van der Waals surface area contributed by atoms with Gasteiger partial charge in [0.05, 0.1) is 0 Å². The van der Waals surface area contributed by atoms with Crippen molar-refractivity contribution in [3.8, 4) is 0 Å². The van der Waals surface area contributed by atoms with E-state index in [0.29, 0.717) is 0 Å². The van der Waals surface area contributed by atoms with E-state index < -0.39 is 0 Å². The normalized spacial score (nSPS) is 37.4. The highest BCUT2D eigenvalue weighted by molar-refractivity contribution is 4.87. The average Bonchev–Trinajstić information content (AvgIpc) is 2.06. The lowest BCUT2D eigenvalue weighted by atomic mass is 9.87. The highest BCUT2D eigenvalue weighted by Crippen LogP contribution is 2.24. The van der Waals surface area contributed by atoms with E-state index in [0.717, 1.165) is 18.0 Å². The van der Waals surface area contributed by atoms with Gasteiger partial charge in [0.1, 0.15) is 0 Å². The molecule has 0 aromatic rings. The molecule has 0 spiro atoms. The van der Waals surface area contributed by atoms with E-state index in [-0.39, 0.29) is 0 Å². The summed E-state index contributed by atoms with van der Waals surface area (Å²) < 4.78 is 0. The van der Waals surface area contributed by atoms with Crippen molar-refractivity contribution in [1.29, 1.82) is 0 Å². The second-order valence-electron chi connectivity index (χ2n) is 5.04. The number of nitrogens with zero attached hydrogens (tertiary/aromatic N) is 1. The van der Waals surface area contributed by atoms with Gasteiger partial charge in [-0.25, -0.2) is 0 Å². The van der Waals surface area contributed by atoms with Gasteiger partial charge in [0.25, 0.3) is 0 Å². The third kappa shape index (κ3) is 2.44. The van der Waals surface area contributed by atoms with E-state index in [2.05, 4.69) is 24.2 Å². The summed E-state index contributed by atoms with van der Waals surface area (Å²) in [5.41, 5.74) is 0. The highest BCUT2D eigenvalue weighted by Gasteiger charge is 2.27. The average molecular weight is 182 g/mol. The first-order chi connectivity index (χ1) is 6.24. The van der Waals surface area contributed by atoms with E-state index in [1.54, 1.807) is 0 Å². The summed E-state index contributed by atoms with van der Waals surface area (Å²) >= 11 is 0. The molecule has 2 fully saturated rings. The largest absolute Gasteiger partial charge is 0.309 e. The van der Waals surface area contributed by atoms with Gasteiger partial charge in [-0.05, 0) is 38.6 Å². The van der Waals surface area contributed by atoms with Crippen LogP contribution in [0.25, 0.3) is 0 Å². The lowest BCUT2D eigenvalue weighted by Crippen LogP contribution is -2.58. The van der Waals surface area contributed by atoms with Crippen LogP contribution in [0.1, 0.15) is 32.6 Å². The summed E-state index contributed by atoms with van der Waals surface area (Å²) in [4.78, 5) is 2.38. The van der Waals surface area contributed by atoms with Gasteiger partial charge in [-0.15, -0.1) is 0 Å². The standard InChI is InChI=1S/C11H22N2/c1-9-3-5-10(6-4-9)12-11-7-13(2)8-11/h9-12H,3-8H2,1-2H3. The fourth-order valence-electron chi connectivity index (χ4n) is 2.56. The predicted molar refractivity (Wildman–Crippen MR) is 55.8 cm³/mol. The Bertz CT molecular complexity index is 155. The van der Waals surface area contributed by atoms with Crippen LogP contribution in [-0.2, 0) is 0 Å². The van der Waals surface area contributed by atoms with Crippen LogP contribution in [-0.4, -0.2) is 37.1 Å². The number of nitrogens with one attached hydrogen (secondary N) is 1. The molecular formula is C11H22N2. The summed E-state index contributed by atoms with van der Waals surface area (Å²) in [5.74, 6) is 0.974. The molecule has 2 rings (SSSR count). The summed E-state index contributed by atoms with van der Waals surface area (Å²) in [6.07, 6.45) is 5.67. The van der Waals surface area contributed by atoms with Crippen LogP contribution in [0.2, 0.25) is 0 Å². The zero-order chi connectivity index (χ0) is 9.26. The third-order valence-electron chi connectivity index (χ3n) is 3.55. The smallest absolute Gasteiger partial charge is 0.0324 e. The van der Waals surface area contributed by atoms with Gasteiger partial charge in [-0.1, -0.05) is 6.92 Å². The monoisotopic (exact) mass is 182 g/mol. The molecule has 0 amide bonds. The van der Waals surface area contributed by atoms with Gasteiger partial charge in [0, 0.05) is 25.2 Å². The van der Waals surface area contributed by atoms with Crippen molar-refractivity contribution in [2.45, 2.75) is 44.7 Å². The van der Waals surface area contributed by atoms with E-state index in [1.807, 2.05) is 0 Å².